The average molecular weight is 377 g/mol. The maximum absolute atomic E-state index is 13.1. The smallest absolute Gasteiger partial charge is 0.366 e. The molecule has 0 radical (unpaired) electrons. The molecule has 0 unspecified atom stereocenters. The van der Waals surface area contributed by atoms with Crippen LogP contribution in [0.2, 0.25) is 0 Å². The monoisotopic (exact) mass is 377 g/mol. The summed E-state index contributed by atoms with van der Waals surface area (Å²) in [5.41, 5.74) is 5.61. The molecule has 1 aliphatic rings. The molecule has 0 atom stereocenters. The van der Waals surface area contributed by atoms with Crippen LogP contribution in [0.3, 0.4) is 0 Å². The molecule has 27 heavy (non-hydrogen) atoms. The van der Waals surface area contributed by atoms with Gasteiger partial charge in [-0.3, -0.25) is 9.59 Å². The number of nitrogens with zero attached hydrogens (tertiary/aromatic N) is 1. The summed E-state index contributed by atoms with van der Waals surface area (Å²) in [6.07, 6.45) is -4.45. The molecule has 0 spiro atoms. The second-order valence-corrected chi connectivity index (χ2v) is 6.21. The maximum atomic E-state index is 13.1. The van der Waals surface area contributed by atoms with Gasteiger partial charge in [-0.05, 0) is 29.3 Å². The largest absolute Gasteiger partial charge is 0.416 e. The van der Waals surface area contributed by atoms with Crippen LogP contribution in [-0.4, -0.2) is 42.9 Å². The number of hydrogen-bond acceptors (Lipinski definition) is 3. The Labute approximate surface area is 154 Å². The van der Waals surface area contributed by atoms with Gasteiger partial charge in [0.15, 0.2) is 0 Å². The minimum atomic E-state index is -4.45. The van der Waals surface area contributed by atoms with E-state index in [9.17, 15) is 22.8 Å². The average Bonchev–Trinajstić information content (AvgIpc) is 2.67. The fourth-order valence-electron chi connectivity index (χ4n) is 3.09. The highest BCUT2D eigenvalue weighted by atomic mass is 19.4. The standard InChI is InChI=1S/C19H18F3N3O2/c20-19(21,22)13-6-4-12(5-7-13)14-2-1-3-15(17(23)26)16(14)18(27)25-10-8-24-9-11-25/h1-7,24H,8-11H2,(H2,23,26). The Balaban J connectivity index is 2.08. The summed E-state index contributed by atoms with van der Waals surface area (Å²) in [6.45, 7) is 2.19. The van der Waals surface area contributed by atoms with E-state index in [4.69, 9.17) is 5.73 Å². The molecule has 1 aliphatic heterocycles. The zero-order chi connectivity index (χ0) is 19.6. The van der Waals surface area contributed by atoms with Crippen LogP contribution in [0.5, 0.6) is 0 Å². The summed E-state index contributed by atoms with van der Waals surface area (Å²) in [4.78, 5) is 26.5. The van der Waals surface area contributed by atoms with Gasteiger partial charge in [-0.2, -0.15) is 13.2 Å². The summed E-state index contributed by atoms with van der Waals surface area (Å²) in [6, 6.07) is 9.09. The second-order valence-electron chi connectivity index (χ2n) is 6.21. The molecule has 1 saturated heterocycles. The zero-order valence-electron chi connectivity index (χ0n) is 14.3. The predicted molar refractivity (Wildman–Crippen MR) is 94.2 cm³/mol. The number of benzene rings is 2. The number of carbonyl (C=O) groups is 2. The summed E-state index contributed by atoms with van der Waals surface area (Å²) in [5, 5.41) is 3.13. The van der Waals surface area contributed by atoms with Gasteiger partial charge in [0.25, 0.3) is 5.91 Å². The quantitative estimate of drug-likeness (QED) is 0.863. The molecule has 142 valence electrons. The zero-order valence-corrected chi connectivity index (χ0v) is 14.3. The van der Waals surface area contributed by atoms with Crippen molar-refractivity contribution in [2.45, 2.75) is 6.18 Å². The van der Waals surface area contributed by atoms with Crippen LogP contribution in [0.4, 0.5) is 13.2 Å². The van der Waals surface area contributed by atoms with Crippen molar-refractivity contribution in [1.29, 1.82) is 0 Å². The lowest BCUT2D eigenvalue weighted by Crippen LogP contribution is -2.47. The number of amides is 2. The third-order valence-corrected chi connectivity index (χ3v) is 4.47. The normalized spacial score (nSPS) is 14.9. The van der Waals surface area contributed by atoms with Crippen LogP contribution in [-0.2, 0) is 6.18 Å². The first kappa shape index (κ1) is 18.9. The number of nitrogens with one attached hydrogen (secondary N) is 1. The van der Waals surface area contributed by atoms with E-state index >= 15 is 0 Å². The van der Waals surface area contributed by atoms with E-state index in [-0.39, 0.29) is 17.0 Å². The van der Waals surface area contributed by atoms with Crippen LogP contribution < -0.4 is 11.1 Å². The van der Waals surface area contributed by atoms with E-state index in [1.165, 1.54) is 18.2 Å². The molecular weight excluding hydrogens is 359 g/mol. The Morgan fingerprint density at radius 1 is 1.00 bits per heavy atom. The van der Waals surface area contributed by atoms with Gasteiger partial charge in [-0.15, -0.1) is 0 Å². The Morgan fingerprint density at radius 3 is 2.19 bits per heavy atom. The van der Waals surface area contributed by atoms with Gasteiger partial charge in [-0.25, -0.2) is 0 Å². The molecule has 0 aromatic heterocycles. The molecule has 0 saturated carbocycles. The maximum Gasteiger partial charge on any atom is 0.416 e. The highest BCUT2D eigenvalue weighted by Crippen LogP contribution is 2.33. The molecule has 5 nitrogen and oxygen atoms in total. The topological polar surface area (TPSA) is 75.4 Å². The van der Waals surface area contributed by atoms with Crippen LogP contribution in [0, 0.1) is 0 Å². The molecule has 0 bridgehead atoms. The number of rotatable bonds is 3. The minimum absolute atomic E-state index is 0.0518. The number of hydrogen-bond donors (Lipinski definition) is 2. The van der Waals surface area contributed by atoms with Crippen molar-refractivity contribution in [1.82, 2.24) is 10.2 Å². The molecule has 0 aliphatic carbocycles. The summed E-state index contributed by atoms with van der Waals surface area (Å²) in [7, 11) is 0. The fraction of sp³-hybridized carbons (Fsp3) is 0.263. The van der Waals surface area contributed by atoms with E-state index in [2.05, 4.69) is 5.32 Å². The Kier molecular flexibility index (Phi) is 5.18. The molecule has 3 rings (SSSR count). The Bertz CT molecular complexity index is 857. The fourth-order valence-corrected chi connectivity index (χ4v) is 3.09. The Morgan fingerprint density at radius 2 is 1.63 bits per heavy atom. The highest BCUT2D eigenvalue weighted by Gasteiger charge is 2.30. The van der Waals surface area contributed by atoms with Crippen LogP contribution in [0.1, 0.15) is 26.3 Å². The molecule has 2 aromatic rings. The number of alkyl halides is 3. The molecular formula is C19H18F3N3O2. The van der Waals surface area contributed by atoms with Crippen LogP contribution in [0.25, 0.3) is 11.1 Å². The first-order valence-electron chi connectivity index (χ1n) is 8.39. The van der Waals surface area contributed by atoms with Crippen molar-refractivity contribution in [3.05, 3.63) is 59.2 Å². The van der Waals surface area contributed by atoms with E-state index in [0.717, 1.165) is 12.1 Å². The molecule has 1 heterocycles. The van der Waals surface area contributed by atoms with Crippen molar-refractivity contribution < 1.29 is 22.8 Å². The number of carbonyl (C=O) groups excluding carboxylic acids is 2. The van der Waals surface area contributed by atoms with Gasteiger partial charge < -0.3 is 16.0 Å². The first-order chi connectivity index (χ1) is 12.8. The van der Waals surface area contributed by atoms with E-state index < -0.39 is 17.6 Å². The lowest BCUT2D eigenvalue weighted by atomic mass is 9.93. The summed E-state index contributed by atoms with van der Waals surface area (Å²) in [5.74, 6) is -1.12. The lowest BCUT2D eigenvalue weighted by molar-refractivity contribution is -0.137. The molecule has 2 aromatic carbocycles. The van der Waals surface area contributed by atoms with Crippen LogP contribution in [0.15, 0.2) is 42.5 Å². The number of nitrogens with two attached hydrogens (primary N) is 1. The highest BCUT2D eigenvalue weighted by molar-refractivity contribution is 6.11. The minimum Gasteiger partial charge on any atom is -0.366 e. The van der Waals surface area contributed by atoms with Crippen LogP contribution >= 0.6 is 0 Å². The van der Waals surface area contributed by atoms with E-state index in [1.54, 1.807) is 17.0 Å². The molecule has 1 fully saturated rings. The first-order valence-corrected chi connectivity index (χ1v) is 8.39. The third-order valence-electron chi connectivity index (χ3n) is 4.47. The van der Waals surface area contributed by atoms with Crippen molar-refractivity contribution in [3.63, 3.8) is 0 Å². The Hall–Kier alpha value is -2.87. The summed E-state index contributed by atoms with van der Waals surface area (Å²) < 4.78 is 38.4. The van der Waals surface area contributed by atoms with Gasteiger partial charge in [0.1, 0.15) is 0 Å². The molecule has 2 amide bonds. The molecule has 3 N–H and O–H groups in total. The predicted octanol–water partition coefficient (Wildman–Crippen LogP) is 2.52. The molecule has 8 heteroatoms. The van der Waals surface area contributed by atoms with Gasteiger partial charge in [0, 0.05) is 26.2 Å². The van der Waals surface area contributed by atoms with Gasteiger partial charge in [0.05, 0.1) is 16.7 Å². The summed E-state index contributed by atoms with van der Waals surface area (Å²) >= 11 is 0. The van der Waals surface area contributed by atoms with Gasteiger partial charge in [0.2, 0.25) is 5.91 Å². The van der Waals surface area contributed by atoms with Crippen molar-refractivity contribution in [2.75, 3.05) is 26.2 Å². The number of halogens is 3. The van der Waals surface area contributed by atoms with Gasteiger partial charge in [-0.1, -0.05) is 24.3 Å². The lowest BCUT2D eigenvalue weighted by Gasteiger charge is -2.29. The van der Waals surface area contributed by atoms with E-state index in [1.807, 2.05) is 0 Å². The van der Waals surface area contributed by atoms with Crippen molar-refractivity contribution in [3.8, 4) is 11.1 Å². The number of primary amides is 1. The van der Waals surface area contributed by atoms with Crippen molar-refractivity contribution in [2.24, 2.45) is 5.73 Å². The van der Waals surface area contributed by atoms with E-state index in [0.29, 0.717) is 37.3 Å². The number of piperazine rings is 1. The second kappa shape index (κ2) is 7.40. The van der Waals surface area contributed by atoms with Gasteiger partial charge >= 0.3 is 6.18 Å². The third kappa shape index (κ3) is 3.95. The SMILES string of the molecule is NC(=O)c1cccc(-c2ccc(C(F)(F)F)cc2)c1C(=O)N1CCNCC1. The van der Waals surface area contributed by atoms with Crippen molar-refractivity contribution >= 4 is 11.8 Å².